The van der Waals surface area contributed by atoms with Gasteiger partial charge in [-0.2, -0.15) is 10.1 Å². The summed E-state index contributed by atoms with van der Waals surface area (Å²) in [6.45, 7) is 2.07. The summed E-state index contributed by atoms with van der Waals surface area (Å²) in [5.74, 6) is 1.64. The van der Waals surface area contributed by atoms with Gasteiger partial charge in [-0.3, -0.25) is 4.79 Å². The van der Waals surface area contributed by atoms with Crippen LogP contribution in [0, 0.1) is 6.92 Å². The lowest BCUT2D eigenvalue weighted by atomic mass is 9.78. The molecule has 2 aliphatic rings. The Hall–Kier alpha value is -3.15. The van der Waals surface area contributed by atoms with E-state index in [9.17, 15) is 4.79 Å². The number of hydrogen-bond acceptors (Lipinski definition) is 5. The predicted octanol–water partition coefficient (Wildman–Crippen LogP) is 3.60. The number of allylic oxidation sites excluding steroid dienone is 2. The molecule has 130 valence electrons. The number of anilines is 1. The topological polar surface area (TPSA) is 73.0 Å². The summed E-state index contributed by atoms with van der Waals surface area (Å²) in [5.41, 5.74) is 4.08. The molecule has 5 rings (SSSR count). The van der Waals surface area contributed by atoms with Gasteiger partial charge in [-0.05, 0) is 37.0 Å². The van der Waals surface area contributed by atoms with Gasteiger partial charge >= 0.3 is 0 Å². The maximum Gasteiger partial charge on any atom is 0.226 e. The second-order valence-electron chi connectivity index (χ2n) is 6.90. The highest BCUT2D eigenvalue weighted by Gasteiger charge is 2.40. The molecule has 3 heterocycles. The van der Waals surface area contributed by atoms with Crippen molar-refractivity contribution in [2.45, 2.75) is 31.7 Å². The van der Waals surface area contributed by atoms with Crippen molar-refractivity contribution in [3.05, 3.63) is 77.1 Å². The Bertz CT molecular complexity index is 999. The number of aryl methyl sites for hydroxylation is 1. The molecule has 0 unspecified atom stereocenters. The third-order valence-corrected chi connectivity index (χ3v) is 5.22. The Kier molecular flexibility index (Phi) is 3.31. The molecular formula is C20H18N4O2. The van der Waals surface area contributed by atoms with E-state index >= 15 is 0 Å². The maximum atomic E-state index is 13.1. The number of nitrogens with zero attached hydrogens (tertiary/aromatic N) is 3. The molecule has 1 aromatic carbocycles. The molecule has 2 aromatic heterocycles. The van der Waals surface area contributed by atoms with E-state index < -0.39 is 0 Å². The summed E-state index contributed by atoms with van der Waals surface area (Å²) >= 11 is 0. The van der Waals surface area contributed by atoms with E-state index in [0.29, 0.717) is 18.1 Å². The number of carbonyl (C=O) groups excluding carboxylic acids is 1. The molecule has 1 aliphatic heterocycles. The zero-order valence-corrected chi connectivity index (χ0v) is 14.3. The van der Waals surface area contributed by atoms with E-state index in [4.69, 9.17) is 4.42 Å². The van der Waals surface area contributed by atoms with Crippen LogP contribution >= 0.6 is 0 Å². The van der Waals surface area contributed by atoms with Gasteiger partial charge < -0.3 is 9.73 Å². The number of ketones is 1. The molecule has 1 N–H and O–H groups in total. The lowest BCUT2D eigenvalue weighted by molar-refractivity contribution is -0.116. The third kappa shape index (κ3) is 2.29. The Balaban J connectivity index is 1.58. The largest absolute Gasteiger partial charge is 0.467 e. The van der Waals surface area contributed by atoms with Crippen LogP contribution in [0.1, 0.15) is 41.7 Å². The van der Waals surface area contributed by atoms with Gasteiger partial charge in [0.2, 0.25) is 5.95 Å². The number of Topliss-reactive ketones (excluding diaryl/α,β-unsaturated/α-hetero) is 1. The van der Waals surface area contributed by atoms with Gasteiger partial charge in [0, 0.05) is 17.7 Å². The van der Waals surface area contributed by atoms with Crippen molar-refractivity contribution in [2.24, 2.45) is 0 Å². The first-order chi connectivity index (χ1) is 12.7. The predicted molar refractivity (Wildman–Crippen MR) is 95.7 cm³/mol. The fraction of sp³-hybridized carbons (Fsp3) is 0.250. The zero-order valence-electron chi connectivity index (χ0n) is 14.3. The van der Waals surface area contributed by atoms with Crippen LogP contribution in [0.2, 0.25) is 0 Å². The molecule has 0 saturated carbocycles. The second-order valence-corrected chi connectivity index (χ2v) is 6.90. The number of carbonyl (C=O) groups is 1. The Morgan fingerprint density at radius 1 is 1.19 bits per heavy atom. The molecule has 0 spiro atoms. The fourth-order valence-electron chi connectivity index (χ4n) is 3.94. The minimum Gasteiger partial charge on any atom is -0.467 e. The van der Waals surface area contributed by atoms with Crippen molar-refractivity contribution in [1.82, 2.24) is 14.8 Å². The van der Waals surface area contributed by atoms with Crippen LogP contribution in [0.3, 0.4) is 0 Å². The molecule has 0 saturated heterocycles. The van der Waals surface area contributed by atoms with Crippen LogP contribution in [0.4, 0.5) is 5.95 Å². The number of benzene rings is 1. The molecule has 6 heteroatoms. The number of aromatic nitrogens is 3. The summed E-state index contributed by atoms with van der Waals surface area (Å²) in [6, 6.07) is 11.8. The summed E-state index contributed by atoms with van der Waals surface area (Å²) in [5, 5.41) is 7.62. The lowest BCUT2D eigenvalue weighted by Gasteiger charge is -2.34. The number of furan rings is 1. The van der Waals surface area contributed by atoms with E-state index in [2.05, 4.69) is 46.6 Å². The van der Waals surface area contributed by atoms with Crippen molar-refractivity contribution >= 4 is 11.7 Å². The average molecular weight is 346 g/mol. The molecule has 3 aromatic rings. The van der Waals surface area contributed by atoms with E-state index in [1.807, 2.05) is 12.1 Å². The molecule has 26 heavy (non-hydrogen) atoms. The lowest BCUT2D eigenvalue weighted by Crippen LogP contribution is -2.33. The maximum absolute atomic E-state index is 13.1. The van der Waals surface area contributed by atoms with E-state index in [0.717, 1.165) is 17.7 Å². The molecule has 6 nitrogen and oxygen atoms in total. The van der Waals surface area contributed by atoms with Crippen LogP contribution < -0.4 is 5.32 Å². The highest BCUT2D eigenvalue weighted by Crippen LogP contribution is 2.43. The van der Waals surface area contributed by atoms with Gasteiger partial charge in [0.25, 0.3) is 0 Å². The first-order valence-corrected chi connectivity index (χ1v) is 8.73. The summed E-state index contributed by atoms with van der Waals surface area (Å²) < 4.78 is 7.34. The molecular weight excluding hydrogens is 328 g/mol. The number of hydrogen-bond donors (Lipinski definition) is 1. The summed E-state index contributed by atoms with van der Waals surface area (Å²) in [7, 11) is 0. The minimum atomic E-state index is -0.356. The van der Waals surface area contributed by atoms with Gasteiger partial charge in [-0.1, -0.05) is 29.8 Å². The van der Waals surface area contributed by atoms with Crippen LogP contribution in [-0.2, 0) is 4.79 Å². The first kappa shape index (κ1) is 15.1. The number of rotatable bonds is 2. The first-order valence-electron chi connectivity index (χ1n) is 8.73. The Morgan fingerprint density at radius 3 is 2.81 bits per heavy atom. The monoisotopic (exact) mass is 346 g/mol. The van der Waals surface area contributed by atoms with Crippen LogP contribution in [0.5, 0.6) is 0 Å². The minimum absolute atomic E-state index is 0.131. The molecule has 2 atom stereocenters. The highest BCUT2D eigenvalue weighted by atomic mass is 16.3. The standard InChI is InChI=1S/C20H18N4O2/c1-12-4-6-13(7-5-12)14-9-15-18(16(25)10-14)19(17-3-2-8-26-17)24-20(23-15)21-11-22-24/h2-8,11,14,19H,9-10H2,1H3,(H,21,22,23)/t14-,19-/m1/s1. The smallest absolute Gasteiger partial charge is 0.226 e. The Labute approximate surface area is 150 Å². The molecule has 0 bridgehead atoms. The molecule has 0 radical (unpaired) electrons. The van der Waals surface area contributed by atoms with Crippen LogP contribution in [0.25, 0.3) is 0 Å². The van der Waals surface area contributed by atoms with Crippen molar-refractivity contribution in [3.63, 3.8) is 0 Å². The molecule has 1 aliphatic carbocycles. The Morgan fingerprint density at radius 2 is 2.04 bits per heavy atom. The number of fused-ring (bicyclic) bond motifs is 1. The van der Waals surface area contributed by atoms with Crippen LogP contribution in [0.15, 0.2) is 64.7 Å². The molecule has 0 amide bonds. The SMILES string of the molecule is Cc1ccc([C@H]2CC(=O)C3=C(C2)Nc2ncnn2[C@@H]3c2ccco2)cc1. The number of nitrogens with one attached hydrogen (secondary N) is 1. The van der Waals surface area contributed by atoms with Gasteiger partial charge in [0.1, 0.15) is 18.1 Å². The van der Waals surface area contributed by atoms with Gasteiger partial charge in [-0.15, -0.1) is 0 Å². The second kappa shape index (κ2) is 5.69. The van der Waals surface area contributed by atoms with Crippen molar-refractivity contribution in [2.75, 3.05) is 5.32 Å². The van der Waals surface area contributed by atoms with E-state index in [-0.39, 0.29) is 17.7 Å². The summed E-state index contributed by atoms with van der Waals surface area (Å²) in [6.07, 6.45) is 4.38. The summed E-state index contributed by atoms with van der Waals surface area (Å²) in [4.78, 5) is 17.4. The third-order valence-electron chi connectivity index (χ3n) is 5.22. The van der Waals surface area contributed by atoms with E-state index in [1.165, 1.54) is 17.5 Å². The van der Waals surface area contributed by atoms with Gasteiger partial charge in [0.15, 0.2) is 5.78 Å². The van der Waals surface area contributed by atoms with Crippen molar-refractivity contribution < 1.29 is 9.21 Å². The molecule has 0 fully saturated rings. The normalized spacial score (nSPS) is 22.0. The van der Waals surface area contributed by atoms with Crippen LogP contribution in [-0.4, -0.2) is 20.5 Å². The fourth-order valence-corrected chi connectivity index (χ4v) is 3.94. The van der Waals surface area contributed by atoms with Gasteiger partial charge in [0.05, 0.1) is 6.26 Å². The average Bonchev–Trinajstić information content (AvgIpc) is 3.32. The highest BCUT2D eigenvalue weighted by molar-refractivity contribution is 6.00. The quantitative estimate of drug-likeness (QED) is 0.767. The zero-order chi connectivity index (χ0) is 17.7. The van der Waals surface area contributed by atoms with E-state index in [1.54, 1.807) is 10.9 Å². The van der Waals surface area contributed by atoms with Crippen molar-refractivity contribution in [1.29, 1.82) is 0 Å². The van der Waals surface area contributed by atoms with Gasteiger partial charge in [-0.25, -0.2) is 4.68 Å². The van der Waals surface area contributed by atoms with Crippen molar-refractivity contribution in [3.8, 4) is 0 Å².